The number of aliphatic hydroxyl groups excluding tert-OH is 1. The lowest BCUT2D eigenvalue weighted by atomic mass is 10.00. The molecule has 114 valence electrons. The Labute approximate surface area is 128 Å². The van der Waals surface area contributed by atoms with Crippen molar-refractivity contribution in [3.63, 3.8) is 0 Å². The zero-order chi connectivity index (χ0) is 15.4. The van der Waals surface area contributed by atoms with Crippen molar-refractivity contribution >= 4 is 23.5 Å². The lowest BCUT2D eigenvalue weighted by molar-refractivity contribution is -0.152. The Balaban J connectivity index is 2.20. The summed E-state index contributed by atoms with van der Waals surface area (Å²) in [7, 11) is 0. The Morgan fingerprint density at radius 1 is 1.38 bits per heavy atom. The monoisotopic (exact) mass is 311 g/mol. The van der Waals surface area contributed by atoms with Crippen LogP contribution < -0.4 is 0 Å². The number of hydrogen-bond donors (Lipinski definition) is 2. The number of carbonyl (C=O) groups is 2. The number of hydrogen-bond acceptors (Lipinski definition) is 3. The minimum absolute atomic E-state index is 0.0124. The summed E-state index contributed by atoms with van der Waals surface area (Å²) in [4.78, 5) is 24.7. The van der Waals surface area contributed by atoms with Crippen molar-refractivity contribution in [3.8, 4) is 0 Å². The van der Waals surface area contributed by atoms with Crippen LogP contribution in [0.25, 0.3) is 0 Å². The Kier molecular flexibility index (Phi) is 5.20. The highest BCUT2D eigenvalue weighted by molar-refractivity contribution is 6.18. The van der Waals surface area contributed by atoms with Gasteiger partial charge in [0.25, 0.3) is 0 Å². The van der Waals surface area contributed by atoms with Crippen LogP contribution in [-0.2, 0) is 16.0 Å². The maximum atomic E-state index is 12.1. The summed E-state index contributed by atoms with van der Waals surface area (Å²) in [6, 6.07) is 8.46. The minimum Gasteiger partial charge on any atom is -0.479 e. The van der Waals surface area contributed by atoms with E-state index in [1.165, 1.54) is 4.90 Å². The number of likely N-dealkylation sites (tertiary alicyclic amines) is 1. The summed E-state index contributed by atoms with van der Waals surface area (Å²) < 4.78 is 0. The van der Waals surface area contributed by atoms with E-state index in [0.717, 1.165) is 5.56 Å². The second-order valence-corrected chi connectivity index (χ2v) is 5.62. The summed E-state index contributed by atoms with van der Waals surface area (Å²) in [5, 5.41) is 19.0. The smallest absolute Gasteiger partial charge is 0.334 e. The Hall–Kier alpha value is -1.59. The van der Waals surface area contributed by atoms with Crippen molar-refractivity contribution in [1.29, 1.82) is 0 Å². The highest BCUT2D eigenvalue weighted by Gasteiger charge is 2.39. The van der Waals surface area contributed by atoms with E-state index in [0.29, 0.717) is 25.3 Å². The van der Waals surface area contributed by atoms with E-state index in [1.807, 2.05) is 30.3 Å². The Morgan fingerprint density at radius 2 is 2.05 bits per heavy atom. The van der Waals surface area contributed by atoms with E-state index in [9.17, 15) is 14.7 Å². The van der Waals surface area contributed by atoms with Gasteiger partial charge in [0.15, 0.2) is 6.10 Å². The topological polar surface area (TPSA) is 77.8 Å². The van der Waals surface area contributed by atoms with Gasteiger partial charge in [-0.1, -0.05) is 30.3 Å². The van der Waals surface area contributed by atoms with Gasteiger partial charge in [-0.05, 0) is 17.9 Å². The molecule has 0 spiro atoms. The zero-order valence-corrected chi connectivity index (χ0v) is 12.2. The number of aliphatic carboxylic acids is 1. The van der Waals surface area contributed by atoms with Gasteiger partial charge in [0, 0.05) is 18.8 Å². The molecule has 1 saturated heterocycles. The van der Waals surface area contributed by atoms with E-state index in [4.69, 9.17) is 16.7 Å². The molecule has 0 radical (unpaired) electrons. The molecule has 1 unspecified atom stereocenters. The Bertz CT molecular complexity index is 508. The van der Waals surface area contributed by atoms with Gasteiger partial charge in [-0.2, -0.15) is 0 Å². The van der Waals surface area contributed by atoms with Gasteiger partial charge in [-0.25, -0.2) is 4.79 Å². The molecular weight excluding hydrogens is 294 g/mol. The SMILES string of the molecule is O=C(O)[C@@H](O)[C@@H](Cc1ccccc1)N1CC(CCl)CC1=O. The van der Waals surface area contributed by atoms with Crippen molar-refractivity contribution in [3.05, 3.63) is 35.9 Å². The number of nitrogens with zero attached hydrogens (tertiary/aromatic N) is 1. The van der Waals surface area contributed by atoms with Gasteiger partial charge in [-0.3, -0.25) is 4.79 Å². The van der Waals surface area contributed by atoms with Crippen molar-refractivity contribution in [1.82, 2.24) is 4.90 Å². The molecule has 2 N–H and O–H groups in total. The van der Waals surface area contributed by atoms with Crippen LogP contribution in [0.5, 0.6) is 0 Å². The molecule has 1 aliphatic heterocycles. The van der Waals surface area contributed by atoms with Crippen LogP contribution in [0.4, 0.5) is 0 Å². The summed E-state index contributed by atoms with van der Waals surface area (Å²) in [6.45, 7) is 0.393. The summed E-state index contributed by atoms with van der Waals surface area (Å²) in [5.74, 6) is -1.11. The fraction of sp³-hybridized carbons (Fsp3) is 0.467. The molecule has 2 rings (SSSR count). The van der Waals surface area contributed by atoms with Crippen LogP contribution in [0.2, 0.25) is 0 Å². The first-order valence-electron chi connectivity index (χ1n) is 6.83. The number of aliphatic hydroxyl groups is 1. The number of carbonyl (C=O) groups excluding carboxylic acids is 1. The maximum Gasteiger partial charge on any atom is 0.334 e. The molecule has 0 aliphatic carbocycles. The number of carboxylic acids is 1. The van der Waals surface area contributed by atoms with Crippen LogP contribution >= 0.6 is 11.6 Å². The summed E-state index contributed by atoms with van der Waals surface area (Å²) in [5.41, 5.74) is 0.880. The second-order valence-electron chi connectivity index (χ2n) is 5.31. The molecule has 1 aromatic carbocycles. The molecule has 1 amide bonds. The first-order chi connectivity index (χ1) is 10.0. The highest BCUT2D eigenvalue weighted by atomic mass is 35.5. The fourth-order valence-electron chi connectivity index (χ4n) is 2.64. The van der Waals surface area contributed by atoms with Gasteiger partial charge >= 0.3 is 5.97 Å². The number of alkyl halides is 1. The van der Waals surface area contributed by atoms with Gasteiger partial charge in [0.05, 0.1) is 6.04 Å². The average Bonchev–Trinajstić information content (AvgIpc) is 2.86. The van der Waals surface area contributed by atoms with Crippen molar-refractivity contribution in [2.24, 2.45) is 5.92 Å². The molecule has 5 nitrogen and oxygen atoms in total. The predicted octanol–water partition coefficient (Wildman–Crippen LogP) is 1.13. The van der Waals surface area contributed by atoms with Crippen LogP contribution in [0.15, 0.2) is 30.3 Å². The molecule has 1 aromatic rings. The Morgan fingerprint density at radius 3 is 2.57 bits per heavy atom. The third kappa shape index (κ3) is 3.74. The number of halogens is 1. The summed E-state index contributed by atoms with van der Waals surface area (Å²) in [6.07, 6.45) is -1.00. The number of rotatable bonds is 6. The summed E-state index contributed by atoms with van der Waals surface area (Å²) >= 11 is 5.79. The van der Waals surface area contributed by atoms with E-state index in [2.05, 4.69) is 0 Å². The molecule has 0 aromatic heterocycles. The van der Waals surface area contributed by atoms with Gasteiger partial charge in [0.2, 0.25) is 5.91 Å². The lowest BCUT2D eigenvalue weighted by Crippen LogP contribution is -2.49. The standard InChI is InChI=1S/C15H18ClNO4/c16-8-11-7-13(18)17(9-11)12(14(19)15(20)21)6-10-4-2-1-3-5-10/h1-5,11-12,14,19H,6-9H2,(H,20,21)/t11?,12-,14+/m1/s1. The van der Waals surface area contributed by atoms with E-state index < -0.39 is 18.1 Å². The normalized spacial score (nSPS) is 21.3. The number of benzene rings is 1. The lowest BCUT2D eigenvalue weighted by Gasteiger charge is -2.30. The van der Waals surface area contributed by atoms with Crippen LogP contribution in [0.1, 0.15) is 12.0 Å². The molecule has 6 heteroatoms. The van der Waals surface area contributed by atoms with Gasteiger partial charge in [0.1, 0.15) is 0 Å². The number of amides is 1. The number of carboxylic acid groups (broad SMARTS) is 1. The molecule has 1 fully saturated rings. The van der Waals surface area contributed by atoms with Crippen molar-refractivity contribution in [2.45, 2.75) is 25.0 Å². The molecule has 3 atom stereocenters. The van der Waals surface area contributed by atoms with Gasteiger partial charge < -0.3 is 15.1 Å². The van der Waals surface area contributed by atoms with Crippen LogP contribution in [-0.4, -0.2) is 51.6 Å². The van der Waals surface area contributed by atoms with E-state index >= 15 is 0 Å². The van der Waals surface area contributed by atoms with E-state index in [1.54, 1.807) is 0 Å². The highest BCUT2D eigenvalue weighted by Crippen LogP contribution is 2.24. The first-order valence-corrected chi connectivity index (χ1v) is 7.36. The molecular formula is C15H18ClNO4. The minimum atomic E-state index is -1.61. The predicted molar refractivity (Wildman–Crippen MR) is 78.1 cm³/mol. The molecule has 0 saturated carbocycles. The van der Waals surface area contributed by atoms with Crippen molar-refractivity contribution < 1.29 is 19.8 Å². The van der Waals surface area contributed by atoms with Crippen LogP contribution in [0, 0.1) is 5.92 Å². The third-order valence-electron chi connectivity index (χ3n) is 3.76. The molecule has 0 bridgehead atoms. The van der Waals surface area contributed by atoms with E-state index in [-0.39, 0.29) is 11.8 Å². The quantitative estimate of drug-likeness (QED) is 0.772. The van der Waals surface area contributed by atoms with Crippen LogP contribution in [0.3, 0.4) is 0 Å². The zero-order valence-electron chi connectivity index (χ0n) is 11.5. The van der Waals surface area contributed by atoms with Crippen molar-refractivity contribution in [2.75, 3.05) is 12.4 Å². The average molecular weight is 312 g/mol. The maximum absolute atomic E-state index is 12.1. The molecule has 1 heterocycles. The molecule has 21 heavy (non-hydrogen) atoms. The first kappa shape index (κ1) is 15.8. The fourth-order valence-corrected chi connectivity index (χ4v) is 2.85. The van der Waals surface area contributed by atoms with Gasteiger partial charge in [-0.15, -0.1) is 11.6 Å². The second kappa shape index (κ2) is 6.91. The largest absolute Gasteiger partial charge is 0.479 e. The third-order valence-corrected chi connectivity index (χ3v) is 4.20. The molecule has 1 aliphatic rings.